The maximum absolute atomic E-state index is 5.88. The van der Waals surface area contributed by atoms with Gasteiger partial charge in [-0.2, -0.15) is 0 Å². The molecule has 0 aromatic heterocycles. The molecule has 0 bridgehead atoms. The standard InChI is InChI=1S/C22H24N2O2S/c1-21(2)13-25-19(23-21)15-9-5-7-11-17(15)27-18-12-8-6-10-16(18)20-24-22(3,4)14-26-20/h5-12H,13-14H2,1-4H3. The molecular formula is C22H24N2O2S. The highest BCUT2D eigenvalue weighted by molar-refractivity contribution is 7.99. The molecule has 2 aromatic carbocycles. The molecule has 0 saturated carbocycles. The maximum atomic E-state index is 5.88. The highest BCUT2D eigenvalue weighted by Gasteiger charge is 2.30. The van der Waals surface area contributed by atoms with Gasteiger partial charge in [-0.15, -0.1) is 0 Å². The summed E-state index contributed by atoms with van der Waals surface area (Å²) in [5.74, 6) is 1.44. The molecule has 0 spiro atoms. The van der Waals surface area contributed by atoms with Crippen molar-refractivity contribution >= 4 is 23.6 Å². The summed E-state index contributed by atoms with van der Waals surface area (Å²) in [5, 5.41) is 0. The van der Waals surface area contributed by atoms with Crippen LogP contribution >= 0.6 is 11.8 Å². The van der Waals surface area contributed by atoms with Gasteiger partial charge >= 0.3 is 0 Å². The van der Waals surface area contributed by atoms with Gasteiger partial charge in [0.1, 0.15) is 13.2 Å². The second-order valence-electron chi connectivity index (χ2n) is 8.13. The van der Waals surface area contributed by atoms with Gasteiger partial charge in [-0.25, -0.2) is 9.98 Å². The lowest BCUT2D eigenvalue weighted by Crippen LogP contribution is -2.17. The first-order valence-electron chi connectivity index (χ1n) is 9.15. The van der Waals surface area contributed by atoms with Crippen LogP contribution in [0.1, 0.15) is 38.8 Å². The molecule has 4 rings (SSSR count). The summed E-state index contributed by atoms with van der Waals surface area (Å²) in [7, 11) is 0. The minimum atomic E-state index is -0.178. The van der Waals surface area contributed by atoms with E-state index in [9.17, 15) is 0 Å². The summed E-state index contributed by atoms with van der Waals surface area (Å²) < 4.78 is 11.8. The molecule has 2 aromatic rings. The van der Waals surface area contributed by atoms with E-state index in [2.05, 4.69) is 52.0 Å². The van der Waals surface area contributed by atoms with Gasteiger partial charge in [0.25, 0.3) is 0 Å². The van der Waals surface area contributed by atoms with E-state index in [1.54, 1.807) is 11.8 Å². The van der Waals surface area contributed by atoms with Crippen molar-refractivity contribution in [2.45, 2.75) is 48.6 Å². The van der Waals surface area contributed by atoms with Crippen LogP contribution in [-0.4, -0.2) is 36.1 Å². The first kappa shape index (κ1) is 18.1. The Kier molecular flexibility index (Phi) is 4.50. The third kappa shape index (κ3) is 3.88. The molecule has 0 atom stereocenters. The zero-order valence-corrected chi connectivity index (χ0v) is 17.0. The topological polar surface area (TPSA) is 43.2 Å². The Morgan fingerprint density at radius 2 is 1.11 bits per heavy atom. The predicted molar refractivity (Wildman–Crippen MR) is 110 cm³/mol. The Hall–Kier alpha value is -2.27. The Morgan fingerprint density at radius 3 is 1.48 bits per heavy atom. The molecule has 0 radical (unpaired) electrons. The second-order valence-corrected chi connectivity index (χ2v) is 9.21. The molecule has 2 aliphatic heterocycles. The Morgan fingerprint density at radius 1 is 0.704 bits per heavy atom. The molecule has 0 amide bonds. The molecule has 5 heteroatoms. The molecule has 140 valence electrons. The van der Waals surface area contributed by atoms with E-state index in [0.717, 1.165) is 32.7 Å². The number of benzene rings is 2. The summed E-state index contributed by atoms with van der Waals surface area (Å²) >= 11 is 1.69. The highest BCUT2D eigenvalue weighted by Crippen LogP contribution is 2.36. The van der Waals surface area contributed by atoms with E-state index >= 15 is 0 Å². The third-order valence-corrected chi connectivity index (χ3v) is 5.54. The lowest BCUT2D eigenvalue weighted by atomic mass is 10.1. The van der Waals surface area contributed by atoms with Crippen molar-refractivity contribution in [3.8, 4) is 0 Å². The minimum absolute atomic E-state index is 0.178. The summed E-state index contributed by atoms with van der Waals surface area (Å²) in [4.78, 5) is 11.7. The molecule has 2 heterocycles. The fraction of sp³-hybridized carbons (Fsp3) is 0.364. The first-order chi connectivity index (χ1) is 12.8. The van der Waals surface area contributed by atoms with Crippen molar-refractivity contribution in [3.63, 3.8) is 0 Å². The number of rotatable bonds is 4. The summed E-state index contributed by atoms with van der Waals surface area (Å²) in [6, 6.07) is 16.5. The fourth-order valence-corrected chi connectivity index (χ4v) is 4.09. The maximum Gasteiger partial charge on any atom is 0.217 e. The predicted octanol–water partition coefficient (Wildman–Crippen LogP) is 4.95. The summed E-state index contributed by atoms with van der Waals surface area (Å²) in [6.45, 7) is 9.56. The van der Waals surface area contributed by atoms with E-state index in [0.29, 0.717) is 13.2 Å². The van der Waals surface area contributed by atoms with E-state index in [1.165, 1.54) is 0 Å². The molecule has 0 aliphatic carbocycles. The van der Waals surface area contributed by atoms with Crippen LogP contribution in [0.2, 0.25) is 0 Å². The van der Waals surface area contributed by atoms with Crippen LogP contribution in [0.3, 0.4) is 0 Å². The van der Waals surface area contributed by atoms with Crippen molar-refractivity contribution < 1.29 is 9.47 Å². The van der Waals surface area contributed by atoms with E-state index < -0.39 is 0 Å². The van der Waals surface area contributed by atoms with Crippen molar-refractivity contribution in [2.75, 3.05) is 13.2 Å². The van der Waals surface area contributed by atoms with Crippen LogP contribution in [0.25, 0.3) is 0 Å². The molecule has 0 saturated heterocycles. The molecular weight excluding hydrogens is 356 g/mol. The molecule has 4 nitrogen and oxygen atoms in total. The zero-order chi connectivity index (χ0) is 19.1. The van der Waals surface area contributed by atoms with Crippen molar-refractivity contribution in [1.29, 1.82) is 0 Å². The van der Waals surface area contributed by atoms with Crippen LogP contribution in [0.5, 0.6) is 0 Å². The van der Waals surface area contributed by atoms with Crippen molar-refractivity contribution in [3.05, 3.63) is 59.7 Å². The van der Waals surface area contributed by atoms with E-state index in [-0.39, 0.29) is 11.1 Å². The van der Waals surface area contributed by atoms with Crippen molar-refractivity contribution in [2.24, 2.45) is 9.98 Å². The smallest absolute Gasteiger partial charge is 0.217 e. The number of nitrogens with zero attached hydrogens (tertiary/aromatic N) is 2. The normalized spacial score (nSPS) is 19.9. The van der Waals surface area contributed by atoms with Gasteiger partial charge in [0.15, 0.2) is 0 Å². The van der Waals surface area contributed by atoms with Gasteiger partial charge in [-0.05, 0) is 52.0 Å². The van der Waals surface area contributed by atoms with Gasteiger partial charge in [-0.3, -0.25) is 0 Å². The average molecular weight is 381 g/mol. The summed E-state index contributed by atoms with van der Waals surface area (Å²) in [5.41, 5.74) is 1.70. The van der Waals surface area contributed by atoms with Crippen LogP contribution in [0, 0.1) is 0 Å². The fourth-order valence-electron chi connectivity index (χ4n) is 3.03. The van der Waals surface area contributed by atoms with Crippen LogP contribution in [0.4, 0.5) is 0 Å². The van der Waals surface area contributed by atoms with Crippen molar-refractivity contribution in [1.82, 2.24) is 0 Å². The number of aliphatic imine (C=N–C) groups is 2. The number of ether oxygens (including phenoxy) is 2. The zero-order valence-electron chi connectivity index (χ0n) is 16.2. The largest absolute Gasteiger partial charge is 0.475 e. The van der Waals surface area contributed by atoms with Gasteiger partial charge in [0.2, 0.25) is 11.8 Å². The van der Waals surface area contributed by atoms with Gasteiger partial charge in [-0.1, -0.05) is 36.0 Å². The second kappa shape index (κ2) is 6.71. The van der Waals surface area contributed by atoms with Crippen LogP contribution in [0.15, 0.2) is 68.3 Å². The van der Waals surface area contributed by atoms with Crippen LogP contribution < -0.4 is 0 Å². The van der Waals surface area contributed by atoms with E-state index in [4.69, 9.17) is 19.5 Å². The van der Waals surface area contributed by atoms with Gasteiger partial charge < -0.3 is 9.47 Å². The van der Waals surface area contributed by atoms with E-state index in [1.807, 2.05) is 24.3 Å². The monoisotopic (exact) mass is 380 g/mol. The molecule has 0 fully saturated rings. The lowest BCUT2D eigenvalue weighted by Gasteiger charge is -2.12. The van der Waals surface area contributed by atoms with Gasteiger partial charge in [0.05, 0.1) is 22.2 Å². The number of hydrogen-bond acceptors (Lipinski definition) is 5. The third-order valence-electron chi connectivity index (χ3n) is 4.39. The molecule has 27 heavy (non-hydrogen) atoms. The van der Waals surface area contributed by atoms with Gasteiger partial charge in [0, 0.05) is 9.79 Å². The highest BCUT2D eigenvalue weighted by atomic mass is 32.2. The SMILES string of the molecule is CC1(C)COC(c2ccccc2Sc2ccccc2C2=NC(C)(C)CO2)=N1. The molecule has 0 unspecified atom stereocenters. The Balaban J connectivity index is 1.69. The Labute approximate surface area is 164 Å². The molecule has 2 aliphatic rings. The lowest BCUT2D eigenvalue weighted by molar-refractivity contribution is 0.279. The Bertz CT molecular complexity index is 856. The average Bonchev–Trinajstić information content (AvgIpc) is 3.17. The number of hydrogen-bond donors (Lipinski definition) is 0. The van der Waals surface area contributed by atoms with Crippen LogP contribution in [-0.2, 0) is 9.47 Å². The quantitative estimate of drug-likeness (QED) is 0.754. The first-order valence-corrected chi connectivity index (χ1v) is 9.97. The minimum Gasteiger partial charge on any atom is -0.475 e. The molecule has 0 N–H and O–H groups in total. The summed E-state index contributed by atoms with van der Waals surface area (Å²) in [6.07, 6.45) is 0.